The Labute approximate surface area is 146 Å². The lowest BCUT2D eigenvalue weighted by atomic mass is 10.0. The third-order valence-electron chi connectivity index (χ3n) is 3.86. The van der Waals surface area contributed by atoms with E-state index in [4.69, 9.17) is 4.84 Å². The molecule has 1 atom stereocenters. The molecule has 2 aromatic rings. The molecule has 0 fully saturated rings. The summed E-state index contributed by atoms with van der Waals surface area (Å²) in [4.78, 5) is 63.3. The topological polar surface area (TPSA) is 118 Å². The van der Waals surface area contributed by atoms with Gasteiger partial charge in [0.25, 0.3) is 11.8 Å². The molecule has 1 N–H and O–H groups in total. The first-order valence-electron chi connectivity index (χ1n) is 7.39. The average Bonchev–Trinajstić information content (AvgIpc) is 2.90. The molecule has 0 saturated carbocycles. The average molecular weight is 353 g/mol. The van der Waals surface area contributed by atoms with Crippen LogP contribution in [0.3, 0.4) is 0 Å². The molecule has 3 rings (SSSR count). The zero-order valence-corrected chi connectivity index (χ0v) is 13.1. The van der Waals surface area contributed by atoms with E-state index >= 15 is 0 Å². The molecule has 0 unspecified atom stereocenters. The predicted octanol–water partition coefficient (Wildman–Crippen LogP) is 1.67. The molecule has 130 valence electrons. The Hall–Kier alpha value is -3.65. The van der Waals surface area contributed by atoms with Gasteiger partial charge in [-0.2, -0.15) is 0 Å². The number of imide groups is 1. The summed E-state index contributed by atoms with van der Waals surface area (Å²) >= 11 is 0. The minimum Gasteiger partial charge on any atom is -0.479 e. The molecule has 8 nitrogen and oxygen atoms in total. The second-order valence-electron chi connectivity index (χ2n) is 5.40. The van der Waals surface area contributed by atoms with Crippen LogP contribution in [0.25, 0.3) is 0 Å². The number of carbonyl (C=O) groups excluding carboxylic acids is 4. The molecule has 0 radical (unpaired) electrons. The quantitative estimate of drug-likeness (QED) is 0.620. The number of carboxylic acids is 1. The Bertz CT molecular complexity index is 915. The molecule has 1 aliphatic heterocycles. The number of rotatable bonds is 6. The number of benzene rings is 2. The largest absolute Gasteiger partial charge is 0.479 e. The monoisotopic (exact) mass is 353 g/mol. The van der Waals surface area contributed by atoms with Gasteiger partial charge in [-0.25, -0.2) is 9.63 Å². The highest BCUT2D eigenvalue weighted by Gasteiger charge is 2.39. The van der Waals surface area contributed by atoms with Gasteiger partial charge in [0.05, 0.1) is 11.1 Å². The maximum atomic E-state index is 12.3. The third kappa shape index (κ3) is 2.78. The molecule has 26 heavy (non-hydrogen) atoms. The van der Waals surface area contributed by atoms with Crippen LogP contribution in [0.1, 0.15) is 53.1 Å². The predicted molar refractivity (Wildman–Crippen MR) is 85.6 cm³/mol. The first-order valence-corrected chi connectivity index (χ1v) is 7.39. The van der Waals surface area contributed by atoms with Gasteiger partial charge in [0.2, 0.25) is 6.10 Å². The lowest BCUT2D eigenvalue weighted by Crippen LogP contribution is -2.34. The molecule has 2 aromatic carbocycles. The Morgan fingerprint density at radius 2 is 1.54 bits per heavy atom. The van der Waals surface area contributed by atoms with Crippen molar-refractivity contribution in [3.05, 3.63) is 70.3 Å². The molecule has 1 heterocycles. The summed E-state index contributed by atoms with van der Waals surface area (Å²) in [5.41, 5.74) is 0.253. The van der Waals surface area contributed by atoms with Crippen LogP contribution >= 0.6 is 0 Å². The highest BCUT2D eigenvalue weighted by atomic mass is 16.7. The highest BCUT2D eigenvalue weighted by molar-refractivity contribution is 6.20. The Kier molecular flexibility index (Phi) is 4.42. The number of hydrogen-bond donors (Lipinski definition) is 1. The molecular formula is C18H11NO7. The number of hydroxylamine groups is 2. The molecule has 0 aromatic heterocycles. The van der Waals surface area contributed by atoms with Crippen LogP contribution < -0.4 is 0 Å². The molecule has 0 spiro atoms. The molecule has 0 saturated heterocycles. The van der Waals surface area contributed by atoms with E-state index in [0.717, 1.165) is 6.07 Å². The molecule has 1 aliphatic rings. The van der Waals surface area contributed by atoms with E-state index in [1.54, 1.807) is 12.1 Å². The zero-order chi connectivity index (χ0) is 18.8. The number of carboxylic acid groups (broad SMARTS) is 1. The van der Waals surface area contributed by atoms with Gasteiger partial charge in [-0.3, -0.25) is 19.2 Å². The minimum atomic E-state index is -1.73. The second kappa shape index (κ2) is 6.69. The fraction of sp³-hybridized carbons (Fsp3) is 0.0556. The maximum absolute atomic E-state index is 12.3. The van der Waals surface area contributed by atoms with E-state index in [-0.39, 0.29) is 27.8 Å². The van der Waals surface area contributed by atoms with Gasteiger partial charge < -0.3 is 5.11 Å². The van der Waals surface area contributed by atoms with Crippen LogP contribution in [-0.4, -0.2) is 40.5 Å². The molecule has 2 amide bonds. The van der Waals surface area contributed by atoms with Crippen molar-refractivity contribution in [3.8, 4) is 0 Å². The Balaban J connectivity index is 1.95. The van der Waals surface area contributed by atoms with E-state index in [1.807, 2.05) is 0 Å². The Morgan fingerprint density at radius 3 is 2.04 bits per heavy atom. The number of hydrogen-bond acceptors (Lipinski definition) is 6. The van der Waals surface area contributed by atoms with Crippen LogP contribution in [0.4, 0.5) is 0 Å². The van der Waals surface area contributed by atoms with Crippen molar-refractivity contribution in [2.75, 3.05) is 0 Å². The fourth-order valence-corrected chi connectivity index (χ4v) is 2.58. The smallest absolute Gasteiger partial charge is 0.340 e. The number of nitrogens with zero attached hydrogens (tertiary/aromatic N) is 1. The summed E-state index contributed by atoms with van der Waals surface area (Å²) < 4.78 is 0. The summed E-state index contributed by atoms with van der Waals surface area (Å²) in [6, 6.07) is 9.68. The van der Waals surface area contributed by atoms with Gasteiger partial charge in [-0.15, -0.1) is 5.06 Å². The van der Waals surface area contributed by atoms with E-state index < -0.39 is 23.9 Å². The van der Waals surface area contributed by atoms with Crippen molar-refractivity contribution in [1.82, 2.24) is 5.06 Å². The van der Waals surface area contributed by atoms with Crippen molar-refractivity contribution < 1.29 is 33.9 Å². The molecular weight excluding hydrogens is 342 g/mol. The lowest BCUT2D eigenvalue weighted by molar-refractivity contribution is -0.176. The van der Waals surface area contributed by atoms with Gasteiger partial charge in [0, 0.05) is 11.1 Å². The second-order valence-corrected chi connectivity index (χ2v) is 5.40. The lowest BCUT2D eigenvalue weighted by Gasteiger charge is -2.20. The molecule has 0 bridgehead atoms. The minimum absolute atomic E-state index is 0.00163. The van der Waals surface area contributed by atoms with Crippen LogP contribution in [0.15, 0.2) is 42.5 Å². The summed E-state index contributed by atoms with van der Waals surface area (Å²) in [6.07, 6.45) is -0.876. The molecule has 0 aliphatic carbocycles. The van der Waals surface area contributed by atoms with Gasteiger partial charge in [-0.05, 0) is 23.8 Å². The summed E-state index contributed by atoms with van der Waals surface area (Å²) in [6.45, 7) is 0. The van der Waals surface area contributed by atoms with Crippen molar-refractivity contribution in [3.63, 3.8) is 0 Å². The van der Waals surface area contributed by atoms with Crippen LogP contribution in [-0.2, 0) is 9.63 Å². The number of aliphatic carboxylic acids is 1. The van der Waals surface area contributed by atoms with E-state index in [1.165, 1.54) is 24.3 Å². The van der Waals surface area contributed by atoms with Gasteiger partial charge in [0.1, 0.15) is 0 Å². The number of aldehydes is 2. The first-order chi connectivity index (χ1) is 12.5. The van der Waals surface area contributed by atoms with Gasteiger partial charge >= 0.3 is 5.97 Å². The van der Waals surface area contributed by atoms with E-state index in [0.29, 0.717) is 17.6 Å². The zero-order valence-electron chi connectivity index (χ0n) is 13.1. The number of carbonyl (C=O) groups is 5. The summed E-state index contributed by atoms with van der Waals surface area (Å²) in [5, 5.41) is 9.82. The van der Waals surface area contributed by atoms with Crippen LogP contribution in [0, 0.1) is 0 Å². The van der Waals surface area contributed by atoms with Crippen molar-refractivity contribution in [2.24, 2.45) is 0 Å². The number of fused-ring (bicyclic) bond motifs is 1. The Morgan fingerprint density at radius 1 is 0.962 bits per heavy atom. The van der Waals surface area contributed by atoms with Crippen molar-refractivity contribution in [1.29, 1.82) is 0 Å². The van der Waals surface area contributed by atoms with E-state index in [9.17, 15) is 29.1 Å². The normalized spacial score (nSPS) is 14.1. The highest BCUT2D eigenvalue weighted by Crippen LogP contribution is 2.28. The number of amides is 2. The third-order valence-corrected chi connectivity index (χ3v) is 3.86. The van der Waals surface area contributed by atoms with Crippen LogP contribution in [0.5, 0.6) is 0 Å². The summed E-state index contributed by atoms with van der Waals surface area (Å²) in [5.74, 6) is -3.04. The van der Waals surface area contributed by atoms with E-state index in [2.05, 4.69) is 0 Å². The van der Waals surface area contributed by atoms with Gasteiger partial charge in [-0.1, -0.05) is 24.3 Å². The fourth-order valence-electron chi connectivity index (χ4n) is 2.58. The van der Waals surface area contributed by atoms with Crippen molar-refractivity contribution >= 4 is 30.4 Å². The van der Waals surface area contributed by atoms with Crippen LogP contribution in [0.2, 0.25) is 0 Å². The standard InChI is InChI=1S/C18H11NO7/c20-8-11-6-5-10(7-12(11)9-21)15(18(24)25)26-19-16(22)13-3-1-2-4-14(13)17(19)23/h1-9,15H,(H,24,25)/t15-/m0/s1. The first kappa shape index (κ1) is 17.2. The molecule has 8 heteroatoms. The maximum Gasteiger partial charge on any atom is 0.340 e. The SMILES string of the molecule is O=Cc1ccc([C@H](ON2C(=O)c3ccccc3C2=O)C(=O)O)cc1C=O. The van der Waals surface area contributed by atoms with Gasteiger partial charge in [0.15, 0.2) is 12.6 Å². The van der Waals surface area contributed by atoms with Crippen molar-refractivity contribution in [2.45, 2.75) is 6.10 Å². The summed E-state index contributed by atoms with van der Waals surface area (Å²) in [7, 11) is 0.